The summed E-state index contributed by atoms with van der Waals surface area (Å²) in [5, 5.41) is 1.23. The van der Waals surface area contributed by atoms with E-state index in [2.05, 4.69) is 22.5 Å². The maximum Gasteiger partial charge on any atom is 0.422 e. The van der Waals surface area contributed by atoms with Crippen LogP contribution in [0.1, 0.15) is 48.8 Å². The maximum absolute atomic E-state index is 15.1. The van der Waals surface area contributed by atoms with Crippen LogP contribution >= 0.6 is 0 Å². The number of benzene rings is 3. The highest BCUT2D eigenvalue weighted by atomic mass is 19.4. The zero-order valence-corrected chi connectivity index (χ0v) is 19.6. The Hall–Kier alpha value is -3.51. The Balaban J connectivity index is 1.43. The van der Waals surface area contributed by atoms with Crippen molar-refractivity contribution in [3.8, 4) is 29.9 Å². The number of ether oxygens (including phenoxy) is 1. The zero-order valence-electron chi connectivity index (χ0n) is 19.6. The van der Waals surface area contributed by atoms with Crippen LogP contribution in [0.4, 0.5) is 22.0 Å². The van der Waals surface area contributed by atoms with Gasteiger partial charge in [-0.25, -0.2) is 8.78 Å². The molecule has 0 unspecified atom stereocenters. The molecule has 0 amide bonds. The predicted molar refractivity (Wildman–Crippen MR) is 130 cm³/mol. The van der Waals surface area contributed by atoms with Crippen LogP contribution in [0.5, 0.6) is 5.75 Å². The molecule has 0 spiro atoms. The van der Waals surface area contributed by atoms with Gasteiger partial charge in [-0.15, -0.1) is 12.3 Å². The van der Waals surface area contributed by atoms with Crippen LogP contribution in [-0.2, 0) is 6.42 Å². The average Bonchev–Trinajstić information content (AvgIpc) is 2.86. The van der Waals surface area contributed by atoms with Crippen LogP contribution < -0.4 is 4.74 Å². The third-order valence-electron chi connectivity index (χ3n) is 6.61. The first-order valence-electron chi connectivity index (χ1n) is 11.9. The Morgan fingerprint density at radius 3 is 2.39 bits per heavy atom. The van der Waals surface area contributed by atoms with Gasteiger partial charge in [-0.2, -0.15) is 13.2 Å². The second-order valence-corrected chi connectivity index (χ2v) is 9.20. The van der Waals surface area contributed by atoms with Crippen molar-refractivity contribution in [3.05, 3.63) is 76.9 Å². The third-order valence-corrected chi connectivity index (χ3v) is 6.61. The predicted octanol–water partition coefficient (Wildman–Crippen LogP) is 7.83. The lowest BCUT2D eigenvalue weighted by atomic mass is 9.80. The summed E-state index contributed by atoms with van der Waals surface area (Å²) in [5.41, 5.74) is 1.50. The highest BCUT2D eigenvalue weighted by molar-refractivity contribution is 5.85. The Kier molecular flexibility index (Phi) is 7.85. The molecule has 36 heavy (non-hydrogen) atoms. The quantitative estimate of drug-likeness (QED) is 0.258. The zero-order chi connectivity index (χ0) is 25.7. The lowest BCUT2D eigenvalue weighted by Gasteiger charge is -2.25. The SMILES string of the molecule is C#CC1CCC(CCc2ccc3c(F)c(C#Cc4ccc(OCC(F)(F)F)c(F)c4)ccc3c2)CC1. The van der Waals surface area contributed by atoms with E-state index in [-0.39, 0.29) is 11.1 Å². The fourth-order valence-corrected chi connectivity index (χ4v) is 4.58. The number of hydrogen-bond acceptors (Lipinski definition) is 1. The van der Waals surface area contributed by atoms with Gasteiger partial charge in [-0.1, -0.05) is 36.1 Å². The normalized spacial score (nSPS) is 17.8. The summed E-state index contributed by atoms with van der Waals surface area (Å²) in [4.78, 5) is 0. The molecule has 0 aromatic heterocycles. The molecule has 1 fully saturated rings. The van der Waals surface area contributed by atoms with Crippen molar-refractivity contribution in [1.29, 1.82) is 0 Å². The molecular weight excluding hydrogens is 471 g/mol. The summed E-state index contributed by atoms with van der Waals surface area (Å²) in [6, 6.07) is 12.4. The average molecular weight is 497 g/mol. The molecule has 3 aromatic rings. The number of terminal acetylenes is 1. The second-order valence-electron chi connectivity index (χ2n) is 9.20. The van der Waals surface area contributed by atoms with Crippen molar-refractivity contribution in [1.82, 2.24) is 0 Å². The Morgan fingerprint density at radius 1 is 0.917 bits per heavy atom. The maximum atomic E-state index is 15.1. The fraction of sp³-hybridized carbons (Fsp3) is 0.333. The number of alkyl halides is 3. The third kappa shape index (κ3) is 6.58. The van der Waals surface area contributed by atoms with Crippen molar-refractivity contribution < 1.29 is 26.7 Å². The highest BCUT2D eigenvalue weighted by Crippen LogP contribution is 2.32. The molecule has 0 heterocycles. The van der Waals surface area contributed by atoms with Crippen molar-refractivity contribution in [3.63, 3.8) is 0 Å². The monoisotopic (exact) mass is 496 g/mol. The first-order valence-corrected chi connectivity index (χ1v) is 11.9. The molecule has 186 valence electrons. The van der Waals surface area contributed by atoms with E-state index >= 15 is 4.39 Å². The summed E-state index contributed by atoms with van der Waals surface area (Å²) in [5.74, 6) is 7.34. The van der Waals surface area contributed by atoms with E-state index in [0.29, 0.717) is 17.2 Å². The van der Waals surface area contributed by atoms with Gasteiger partial charge < -0.3 is 4.74 Å². The van der Waals surface area contributed by atoms with E-state index in [0.717, 1.165) is 61.6 Å². The highest BCUT2D eigenvalue weighted by Gasteiger charge is 2.29. The van der Waals surface area contributed by atoms with Crippen molar-refractivity contribution in [2.75, 3.05) is 6.61 Å². The van der Waals surface area contributed by atoms with Gasteiger partial charge in [0.1, 0.15) is 5.82 Å². The minimum absolute atomic E-state index is 0.151. The van der Waals surface area contributed by atoms with Crippen molar-refractivity contribution in [2.24, 2.45) is 11.8 Å². The van der Waals surface area contributed by atoms with E-state index in [1.54, 1.807) is 18.2 Å². The second kappa shape index (κ2) is 11.0. The molecule has 6 heteroatoms. The van der Waals surface area contributed by atoms with Crippen LogP contribution in [0, 0.1) is 47.7 Å². The minimum Gasteiger partial charge on any atom is -0.481 e. The van der Waals surface area contributed by atoms with Crippen LogP contribution in [-0.4, -0.2) is 12.8 Å². The molecule has 0 aliphatic heterocycles. The fourth-order valence-electron chi connectivity index (χ4n) is 4.58. The summed E-state index contributed by atoms with van der Waals surface area (Å²) < 4.78 is 70.4. The molecule has 1 aliphatic rings. The lowest BCUT2D eigenvalue weighted by Crippen LogP contribution is -2.19. The molecule has 4 rings (SSSR count). The van der Waals surface area contributed by atoms with E-state index in [1.165, 1.54) is 6.07 Å². The molecule has 0 radical (unpaired) electrons. The van der Waals surface area contributed by atoms with E-state index in [1.807, 2.05) is 12.1 Å². The standard InChI is InChI=1S/C30H25F5O/c1-2-20-3-5-21(6-4-20)7-8-22-10-15-26-25(17-22)14-13-24(29(26)32)12-9-23-11-16-28(27(31)18-23)36-19-30(33,34)35/h1,10-11,13-18,20-21H,3-8,19H2. The van der Waals surface area contributed by atoms with E-state index in [9.17, 15) is 17.6 Å². The molecular formula is C30H25F5O. The van der Waals surface area contributed by atoms with Crippen LogP contribution in [0.25, 0.3) is 10.8 Å². The molecule has 0 atom stereocenters. The van der Waals surface area contributed by atoms with Gasteiger partial charge in [-0.3, -0.25) is 0 Å². The molecule has 1 nitrogen and oxygen atoms in total. The van der Waals surface area contributed by atoms with Gasteiger partial charge in [0.2, 0.25) is 0 Å². The number of halogens is 5. The van der Waals surface area contributed by atoms with Gasteiger partial charge in [0.05, 0.1) is 5.56 Å². The molecule has 1 aliphatic carbocycles. The molecule has 3 aromatic carbocycles. The van der Waals surface area contributed by atoms with Gasteiger partial charge in [-0.05, 0) is 79.7 Å². The minimum atomic E-state index is -4.57. The van der Waals surface area contributed by atoms with E-state index in [4.69, 9.17) is 6.42 Å². The van der Waals surface area contributed by atoms with Gasteiger partial charge >= 0.3 is 6.18 Å². The molecule has 1 saturated carbocycles. The smallest absolute Gasteiger partial charge is 0.422 e. The van der Waals surface area contributed by atoms with Gasteiger partial charge in [0.25, 0.3) is 0 Å². The Morgan fingerprint density at radius 2 is 1.69 bits per heavy atom. The van der Waals surface area contributed by atoms with E-state index < -0.39 is 30.2 Å². The van der Waals surface area contributed by atoms with Crippen LogP contribution in [0.15, 0.2) is 48.5 Å². The molecule has 0 saturated heterocycles. The molecule has 0 bridgehead atoms. The summed E-state index contributed by atoms with van der Waals surface area (Å²) in [6.45, 7) is -1.59. The van der Waals surface area contributed by atoms with Crippen LogP contribution in [0.3, 0.4) is 0 Å². The van der Waals surface area contributed by atoms with Crippen molar-refractivity contribution in [2.45, 2.75) is 44.7 Å². The summed E-state index contributed by atoms with van der Waals surface area (Å²) >= 11 is 0. The number of hydrogen-bond donors (Lipinski definition) is 0. The number of aryl methyl sites for hydroxylation is 1. The molecule has 0 N–H and O–H groups in total. The summed E-state index contributed by atoms with van der Waals surface area (Å²) in [6.07, 6.45) is 7.49. The summed E-state index contributed by atoms with van der Waals surface area (Å²) in [7, 11) is 0. The largest absolute Gasteiger partial charge is 0.481 e. The Bertz CT molecular complexity index is 1330. The topological polar surface area (TPSA) is 9.23 Å². The van der Waals surface area contributed by atoms with Crippen molar-refractivity contribution >= 4 is 10.8 Å². The Labute approximate surface area is 207 Å². The van der Waals surface area contributed by atoms with Crippen LogP contribution in [0.2, 0.25) is 0 Å². The first-order chi connectivity index (χ1) is 17.2. The number of rotatable bonds is 5. The lowest BCUT2D eigenvalue weighted by molar-refractivity contribution is -0.153. The first kappa shape index (κ1) is 25.6. The van der Waals surface area contributed by atoms with Gasteiger partial charge in [0, 0.05) is 16.9 Å². The number of fused-ring (bicyclic) bond motifs is 1. The van der Waals surface area contributed by atoms with Gasteiger partial charge in [0.15, 0.2) is 18.2 Å².